The molecule has 0 bridgehead atoms. The third-order valence-electron chi connectivity index (χ3n) is 7.47. The molecule has 6 heteroatoms. The zero-order chi connectivity index (χ0) is 26.1. The van der Waals surface area contributed by atoms with E-state index >= 15 is 0 Å². The van der Waals surface area contributed by atoms with Crippen LogP contribution >= 0.6 is 0 Å². The summed E-state index contributed by atoms with van der Waals surface area (Å²) in [6, 6.07) is 6.89. The molecule has 0 amide bonds. The lowest BCUT2D eigenvalue weighted by Gasteiger charge is -2.25. The van der Waals surface area contributed by atoms with Gasteiger partial charge in [0.05, 0.1) is 17.6 Å². The molecule has 0 fully saturated rings. The first kappa shape index (κ1) is 24.8. The number of hydrogen-bond donors (Lipinski definition) is 6. The third kappa shape index (κ3) is 5.30. The Labute approximate surface area is 215 Å². The summed E-state index contributed by atoms with van der Waals surface area (Å²) in [6.45, 7) is 0. The molecule has 6 nitrogen and oxygen atoms in total. The van der Waals surface area contributed by atoms with Crippen molar-refractivity contribution in [2.75, 3.05) is 0 Å². The van der Waals surface area contributed by atoms with E-state index in [1.54, 1.807) is 30.4 Å². The number of aliphatic hydroxyl groups excluding tert-OH is 3. The van der Waals surface area contributed by atoms with E-state index in [-0.39, 0.29) is 23.2 Å². The van der Waals surface area contributed by atoms with E-state index in [9.17, 15) is 30.6 Å². The largest absolute Gasteiger partial charge is 0.512 e. The highest BCUT2D eigenvalue weighted by Crippen LogP contribution is 2.34. The maximum atomic E-state index is 11.1. The van der Waals surface area contributed by atoms with Crippen LogP contribution in [0.2, 0.25) is 0 Å². The van der Waals surface area contributed by atoms with E-state index in [1.165, 1.54) is 0 Å². The minimum absolute atomic E-state index is 0.179. The zero-order valence-corrected chi connectivity index (χ0v) is 20.6. The second-order valence-corrected chi connectivity index (χ2v) is 10.1. The van der Waals surface area contributed by atoms with Gasteiger partial charge >= 0.3 is 0 Å². The van der Waals surface area contributed by atoms with E-state index in [1.807, 2.05) is 24.3 Å². The quantitative estimate of drug-likeness (QED) is 0.334. The molecule has 192 valence electrons. The molecule has 2 aromatic carbocycles. The Morgan fingerprint density at radius 3 is 2.22 bits per heavy atom. The van der Waals surface area contributed by atoms with Gasteiger partial charge in [-0.2, -0.15) is 0 Å². The molecule has 0 spiro atoms. The lowest BCUT2D eigenvalue weighted by Crippen LogP contribution is -2.39. The van der Waals surface area contributed by atoms with Crippen LogP contribution in [-0.4, -0.2) is 36.7 Å². The standard InChI is InChI=1S/C31H32O6/c32-22-8-4-18(5-9-22)12-21-16-26-25(15-20-2-1-3-24(34)13-20)27(14-19-6-10-23(33)11-7-19)30(36)31(37)28(26)17-29(21)35/h2,4-6,8-10,13,16-17,21,29,32-37H,1,3,7,11-12,14-15H2. The molecule has 0 saturated carbocycles. The molecule has 6 N–H and O–H groups in total. The number of phenolic OH excluding ortho intramolecular Hbond substituents is 3. The molecule has 2 unspecified atom stereocenters. The number of aromatic hydroxyl groups is 3. The van der Waals surface area contributed by atoms with E-state index in [4.69, 9.17) is 0 Å². The van der Waals surface area contributed by atoms with Crippen molar-refractivity contribution in [1.29, 1.82) is 0 Å². The zero-order valence-electron chi connectivity index (χ0n) is 20.6. The number of fused-ring (bicyclic) bond motifs is 1. The average Bonchev–Trinajstić information content (AvgIpc) is 2.88. The highest BCUT2D eigenvalue weighted by molar-refractivity contribution is 5.61. The monoisotopic (exact) mass is 500 g/mol. The average molecular weight is 501 g/mol. The molecule has 0 heterocycles. The highest BCUT2D eigenvalue weighted by Gasteiger charge is 2.26. The molecule has 2 atom stereocenters. The van der Waals surface area contributed by atoms with Crippen LogP contribution in [0.15, 0.2) is 71.2 Å². The second-order valence-electron chi connectivity index (χ2n) is 10.1. The molecular weight excluding hydrogens is 468 g/mol. The number of phenols is 3. The molecule has 0 aliphatic heterocycles. The van der Waals surface area contributed by atoms with Gasteiger partial charge in [0.25, 0.3) is 0 Å². The van der Waals surface area contributed by atoms with Gasteiger partial charge in [0.1, 0.15) is 5.75 Å². The van der Waals surface area contributed by atoms with E-state index in [2.05, 4.69) is 6.08 Å². The van der Waals surface area contributed by atoms with Crippen LogP contribution in [0.4, 0.5) is 0 Å². The van der Waals surface area contributed by atoms with Crippen LogP contribution in [-0.2, 0) is 19.3 Å². The van der Waals surface area contributed by atoms with Crippen molar-refractivity contribution in [3.8, 4) is 17.2 Å². The van der Waals surface area contributed by atoms with Crippen LogP contribution in [0.1, 0.15) is 42.4 Å². The van der Waals surface area contributed by atoms with Gasteiger partial charge in [0, 0.05) is 29.5 Å². The number of rotatable bonds is 6. The third-order valence-corrected chi connectivity index (χ3v) is 7.47. The Balaban J connectivity index is 1.65. The van der Waals surface area contributed by atoms with Gasteiger partial charge < -0.3 is 30.6 Å². The SMILES string of the molecule is OC1=CC(Cc2c(CC3=CC=C(O)CC3)c(O)c(O)c3c2=CC(Cc2ccc(O)cc2)C(O)C=3)=CCC1. The van der Waals surface area contributed by atoms with E-state index in [0.29, 0.717) is 60.8 Å². The van der Waals surface area contributed by atoms with E-state index in [0.717, 1.165) is 33.9 Å². The van der Waals surface area contributed by atoms with Gasteiger partial charge in [-0.15, -0.1) is 0 Å². The van der Waals surface area contributed by atoms with Crippen molar-refractivity contribution in [2.45, 2.75) is 51.0 Å². The van der Waals surface area contributed by atoms with Crippen molar-refractivity contribution in [3.63, 3.8) is 0 Å². The van der Waals surface area contributed by atoms with Crippen LogP contribution < -0.4 is 10.4 Å². The van der Waals surface area contributed by atoms with Gasteiger partial charge in [0.15, 0.2) is 11.5 Å². The first-order valence-electron chi connectivity index (χ1n) is 12.7. The fourth-order valence-corrected chi connectivity index (χ4v) is 5.43. The lowest BCUT2D eigenvalue weighted by atomic mass is 9.83. The normalized spacial score (nSPS) is 21.0. The maximum absolute atomic E-state index is 11.1. The Kier molecular flexibility index (Phi) is 6.85. The Bertz CT molecular complexity index is 1460. The Morgan fingerprint density at radius 2 is 1.51 bits per heavy atom. The maximum Gasteiger partial charge on any atom is 0.165 e. The van der Waals surface area contributed by atoms with E-state index < -0.39 is 6.10 Å². The minimum Gasteiger partial charge on any atom is -0.512 e. The predicted molar refractivity (Wildman–Crippen MR) is 143 cm³/mol. The highest BCUT2D eigenvalue weighted by atomic mass is 16.3. The summed E-state index contributed by atoms with van der Waals surface area (Å²) in [7, 11) is 0. The number of aliphatic hydroxyl groups is 3. The van der Waals surface area contributed by atoms with Gasteiger partial charge in [-0.25, -0.2) is 0 Å². The molecule has 0 aromatic heterocycles. The first-order valence-corrected chi connectivity index (χ1v) is 12.7. The van der Waals surface area contributed by atoms with Gasteiger partial charge in [-0.3, -0.25) is 0 Å². The van der Waals surface area contributed by atoms with Crippen molar-refractivity contribution in [3.05, 3.63) is 98.4 Å². The topological polar surface area (TPSA) is 121 Å². The molecule has 3 aliphatic carbocycles. The summed E-state index contributed by atoms with van der Waals surface area (Å²) in [5, 5.41) is 63.8. The fraction of sp³-hybridized carbons (Fsp3) is 0.290. The number of hydrogen-bond acceptors (Lipinski definition) is 6. The second kappa shape index (κ2) is 10.2. The molecule has 2 aromatic rings. The van der Waals surface area contributed by atoms with Gasteiger partial charge in [-0.1, -0.05) is 35.9 Å². The predicted octanol–water partition coefficient (Wildman–Crippen LogP) is 4.01. The molecule has 37 heavy (non-hydrogen) atoms. The number of benzene rings is 2. The summed E-state index contributed by atoms with van der Waals surface area (Å²) in [4.78, 5) is 0. The Hall–Kier alpha value is -3.90. The molecular formula is C31H32O6. The van der Waals surface area contributed by atoms with Crippen LogP contribution in [0.3, 0.4) is 0 Å². The summed E-state index contributed by atoms with van der Waals surface area (Å²) in [6.07, 6.45) is 14.0. The Morgan fingerprint density at radius 1 is 0.730 bits per heavy atom. The van der Waals surface area contributed by atoms with Gasteiger partial charge in [0.2, 0.25) is 0 Å². The van der Waals surface area contributed by atoms with Crippen molar-refractivity contribution >= 4 is 12.2 Å². The van der Waals surface area contributed by atoms with Crippen LogP contribution in [0.25, 0.3) is 12.2 Å². The summed E-state index contributed by atoms with van der Waals surface area (Å²) in [5.41, 5.74) is 4.39. The summed E-state index contributed by atoms with van der Waals surface area (Å²) < 4.78 is 0. The molecule has 5 rings (SSSR count). The smallest absolute Gasteiger partial charge is 0.165 e. The molecule has 3 aliphatic rings. The van der Waals surface area contributed by atoms with Gasteiger partial charge in [-0.05, 0) is 84.4 Å². The van der Waals surface area contributed by atoms with Crippen molar-refractivity contribution < 1.29 is 30.6 Å². The van der Waals surface area contributed by atoms with Crippen LogP contribution in [0, 0.1) is 5.92 Å². The summed E-state index contributed by atoms with van der Waals surface area (Å²) >= 11 is 0. The first-order chi connectivity index (χ1) is 17.8. The lowest BCUT2D eigenvalue weighted by molar-refractivity contribution is 0.196. The molecule has 0 saturated heterocycles. The number of allylic oxidation sites excluding steroid dienone is 8. The van der Waals surface area contributed by atoms with Crippen molar-refractivity contribution in [1.82, 2.24) is 0 Å². The van der Waals surface area contributed by atoms with Crippen molar-refractivity contribution in [2.24, 2.45) is 5.92 Å². The van der Waals surface area contributed by atoms with Crippen LogP contribution in [0.5, 0.6) is 17.2 Å². The minimum atomic E-state index is -0.864. The molecule has 0 radical (unpaired) electrons. The summed E-state index contributed by atoms with van der Waals surface area (Å²) in [5.74, 6) is 0.0972. The fourth-order valence-electron chi connectivity index (χ4n) is 5.43.